The summed E-state index contributed by atoms with van der Waals surface area (Å²) in [6.07, 6.45) is 2.16. The zero-order chi connectivity index (χ0) is 17.8. The van der Waals surface area contributed by atoms with E-state index in [-0.39, 0.29) is 12.4 Å². The number of hydrogen-bond donors (Lipinski definition) is 1. The first-order valence-corrected chi connectivity index (χ1v) is 9.00. The van der Waals surface area contributed by atoms with Gasteiger partial charge in [-0.15, -0.1) is 0 Å². The molecule has 7 nitrogen and oxygen atoms in total. The van der Waals surface area contributed by atoms with Gasteiger partial charge in [-0.2, -0.15) is 4.37 Å². The normalized spacial score (nSPS) is 22.0. The van der Waals surface area contributed by atoms with Gasteiger partial charge in [-0.05, 0) is 30.4 Å². The van der Waals surface area contributed by atoms with E-state index in [1.807, 2.05) is 23.1 Å². The second-order valence-corrected chi connectivity index (χ2v) is 6.82. The summed E-state index contributed by atoms with van der Waals surface area (Å²) in [5.74, 6) is 0.866. The van der Waals surface area contributed by atoms with Crippen molar-refractivity contribution in [3.8, 4) is 5.75 Å². The molecule has 3 fully saturated rings. The third-order valence-corrected chi connectivity index (χ3v) is 5.68. The number of methoxy groups -OCH3 is 1. The Morgan fingerprint density at radius 1 is 1.32 bits per heavy atom. The molecular weight excluding hydrogens is 342 g/mol. The van der Waals surface area contributed by atoms with Gasteiger partial charge in [0, 0.05) is 37.6 Å². The first-order valence-electron chi connectivity index (χ1n) is 8.23. The number of ether oxygens (including phenoxy) is 1. The molecule has 3 saturated heterocycles. The largest absolute Gasteiger partial charge is 0.495 e. The summed E-state index contributed by atoms with van der Waals surface area (Å²) in [6, 6.07) is 6.17. The van der Waals surface area contributed by atoms with Crippen LogP contribution in [0.25, 0.3) is 10.1 Å². The van der Waals surface area contributed by atoms with E-state index in [9.17, 15) is 4.79 Å². The van der Waals surface area contributed by atoms with Crippen molar-refractivity contribution in [3.05, 3.63) is 23.9 Å². The fourth-order valence-electron chi connectivity index (χ4n) is 3.54. The predicted octanol–water partition coefficient (Wildman–Crippen LogP) is 1.93. The van der Waals surface area contributed by atoms with Gasteiger partial charge in [0.15, 0.2) is 0 Å². The molecule has 134 valence electrons. The molecule has 0 radical (unpaired) electrons. The number of nitrogens with zero attached hydrogens (tertiary/aromatic N) is 3. The highest BCUT2D eigenvalue weighted by molar-refractivity contribution is 7.14. The number of carboxylic acid groups (broad SMARTS) is 1. The van der Waals surface area contributed by atoms with Crippen molar-refractivity contribution in [2.45, 2.75) is 18.9 Å². The van der Waals surface area contributed by atoms with Crippen LogP contribution in [-0.2, 0) is 4.79 Å². The molecule has 5 rings (SSSR count). The lowest BCUT2D eigenvalue weighted by atomic mass is 10.0. The number of amides is 1. The third kappa shape index (κ3) is 3.45. The summed E-state index contributed by atoms with van der Waals surface area (Å²) in [6.45, 7) is 3.76. The van der Waals surface area contributed by atoms with E-state index in [4.69, 9.17) is 14.6 Å². The predicted molar refractivity (Wildman–Crippen MR) is 95.4 cm³/mol. The summed E-state index contributed by atoms with van der Waals surface area (Å²) < 4.78 is 10.8. The molecule has 1 amide bonds. The van der Waals surface area contributed by atoms with Crippen LogP contribution >= 0.6 is 11.5 Å². The van der Waals surface area contributed by atoms with Crippen molar-refractivity contribution in [1.29, 1.82) is 0 Å². The van der Waals surface area contributed by atoms with Crippen molar-refractivity contribution in [2.24, 2.45) is 0 Å². The lowest BCUT2D eigenvalue weighted by Crippen LogP contribution is -2.41. The Labute approximate surface area is 150 Å². The van der Waals surface area contributed by atoms with E-state index in [1.165, 1.54) is 11.5 Å². The third-order valence-electron chi connectivity index (χ3n) is 4.80. The number of hydrogen-bond acceptors (Lipinski definition) is 6. The smallest absolute Gasteiger partial charge is 0.290 e. The Morgan fingerprint density at radius 2 is 2.04 bits per heavy atom. The molecule has 4 heterocycles. The highest BCUT2D eigenvalue weighted by atomic mass is 32.1. The Hall–Kier alpha value is -2.19. The van der Waals surface area contributed by atoms with Crippen LogP contribution in [0.15, 0.2) is 18.2 Å². The van der Waals surface area contributed by atoms with Gasteiger partial charge >= 0.3 is 0 Å². The molecule has 2 aromatic rings. The molecular formula is C17H21N3O4S. The molecule has 1 aromatic carbocycles. The quantitative estimate of drug-likeness (QED) is 0.821. The van der Waals surface area contributed by atoms with Crippen LogP contribution < -0.4 is 4.74 Å². The number of piperidine rings is 1. The summed E-state index contributed by atoms with van der Waals surface area (Å²) in [4.78, 5) is 25.9. The number of carbonyl (C=O) groups is 2. The van der Waals surface area contributed by atoms with Gasteiger partial charge < -0.3 is 19.6 Å². The van der Waals surface area contributed by atoms with Gasteiger partial charge in [-0.25, -0.2) is 0 Å². The standard InChI is InChI=1S/C16H19N3O2S.CH2O2/c1-21-13-4-2-3-12-14(17-22-15(12)13)16(20)19-10-9-18-7-5-11(19)6-8-18;2-1-3/h2-4,11H,5-10H2,1H3;1H,(H,2,3). The molecule has 0 spiro atoms. The molecule has 0 saturated carbocycles. The summed E-state index contributed by atoms with van der Waals surface area (Å²) in [7, 11) is 1.65. The zero-order valence-corrected chi connectivity index (χ0v) is 14.9. The van der Waals surface area contributed by atoms with E-state index in [1.54, 1.807) is 7.11 Å². The number of aromatic nitrogens is 1. The monoisotopic (exact) mass is 363 g/mol. The molecule has 8 heteroatoms. The van der Waals surface area contributed by atoms with Gasteiger partial charge in [0.25, 0.3) is 12.4 Å². The molecule has 25 heavy (non-hydrogen) atoms. The average Bonchev–Trinajstić information content (AvgIpc) is 2.84. The van der Waals surface area contributed by atoms with Crippen molar-refractivity contribution in [3.63, 3.8) is 0 Å². The number of carbonyl (C=O) groups excluding carboxylic acids is 1. The Balaban J connectivity index is 0.000000569. The maximum Gasteiger partial charge on any atom is 0.290 e. The van der Waals surface area contributed by atoms with Crippen molar-refractivity contribution in [2.75, 3.05) is 33.3 Å². The molecule has 0 aliphatic carbocycles. The van der Waals surface area contributed by atoms with Crippen LogP contribution in [0.1, 0.15) is 23.3 Å². The van der Waals surface area contributed by atoms with E-state index in [0.717, 1.165) is 54.9 Å². The SMILES string of the molecule is COc1cccc2c(C(=O)N3CCN4CCC3CC4)nsc12.O=CO. The van der Waals surface area contributed by atoms with Gasteiger partial charge in [-0.1, -0.05) is 12.1 Å². The van der Waals surface area contributed by atoms with Gasteiger partial charge in [-0.3, -0.25) is 9.59 Å². The van der Waals surface area contributed by atoms with Crippen LogP contribution in [0.4, 0.5) is 0 Å². The van der Waals surface area contributed by atoms with Crippen LogP contribution in [0.5, 0.6) is 5.75 Å². The van der Waals surface area contributed by atoms with Crippen LogP contribution in [-0.4, -0.2) is 71.0 Å². The Kier molecular flexibility index (Phi) is 5.50. The minimum atomic E-state index is -0.250. The molecule has 0 unspecified atom stereocenters. The second kappa shape index (κ2) is 7.79. The van der Waals surface area contributed by atoms with E-state index in [0.29, 0.717) is 11.7 Å². The fraction of sp³-hybridized carbons (Fsp3) is 0.471. The van der Waals surface area contributed by atoms with Gasteiger partial charge in [0.1, 0.15) is 11.4 Å². The van der Waals surface area contributed by atoms with Gasteiger partial charge in [0.05, 0.1) is 11.8 Å². The Morgan fingerprint density at radius 3 is 2.72 bits per heavy atom. The summed E-state index contributed by atoms with van der Waals surface area (Å²) >= 11 is 1.35. The molecule has 3 aliphatic rings. The highest BCUT2D eigenvalue weighted by Crippen LogP contribution is 2.33. The maximum absolute atomic E-state index is 13.0. The van der Waals surface area contributed by atoms with Crippen LogP contribution in [0.3, 0.4) is 0 Å². The molecule has 3 aliphatic heterocycles. The van der Waals surface area contributed by atoms with Crippen LogP contribution in [0, 0.1) is 0 Å². The number of fused-ring (bicyclic) bond motifs is 5. The summed E-state index contributed by atoms with van der Waals surface area (Å²) in [5.41, 5.74) is 0.583. The van der Waals surface area contributed by atoms with Crippen molar-refractivity contribution in [1.82, 2.24) is 14.2 Å². The Bertz CT molecular complexity index is 755. The fourth-order valence-corrected chi connectivity index (χ4v) is 4.41. The number of rotatable bonds is 2. The highest BCUT2D eigenvalue weighted by Gasteiger charge is 2.33. The van der Waals surface area contributed by atoms with Crippen molar-refractivity contribution < 1.29 is 19.4 Å². The first-order chi connectivity index (χ1) is 12.2. The maximum atomic E-state index is 13.0. The average molecular weight is 363 g/mol. The summed E-state index contributed by atoms with van der Waals surface area (Å²) in [5, 5.41) is 7.80. The van der Waals surface area contributed by atoms with E-state index >= 15 is 0 Å². The minimum absolute atomic E-state index is 0.0771. The molecule has 2 bridgehead atoms. The molecule has 1 N–H and O–H groups in total. The van der Waals surface area contributed by atoms with E-state index < -0.39 is 0 Å². The number of benzene rings is 1. The zero-order valence-electron chi connectivity index (χ0n) is 14.1. The lowest BCUT2D eigenvalue weighted by molar-refractivity contribution is -0.122. The van der Waals surface area contributed by atoms with Crippen LogP contribution in [0.2, 0.25) is 0 Å². The molecule has 1 aromatic heterocycles. The van der Waals surface area contributed by atoms with E-state index in [2.05, 4.69) is 9.27 Å². The van der Waals surface area contributed by atoms with Gasteiger partial charge in [0.2, 0.25) is 0 Å². The lowest BCUT2D eigenvalue weighted by Gasteiger charge is -2.31. The second-order valence-electron chi connectivity index (χ2n) is 6.04. The topological polar surface area (TPSA) is 83.0 Å². The minimum Gasteiger partial charge on any atom is -0.495 e. The first kappa shape index (κ1) is 17.6. The van der Waals surface area contributed by atoms with Crippen molar-refractivity contribution >= 4 is 34.0 Å². The molecule has 0 atom stereocenters.